The molecule has 0 unspecified atom stereocenters. The minimum atomic E-state index is -0.113. The molecule has 0 spiro atoms. The predicted octanol–water partition coefficient (Wildman–Crippen LogP) is 2.85. The summed E-state index contributed by atoms with van der Waals surface area (Å²) in [6.45, 7) is 3.78. The lowest BCUT2D eigenvalue weighted by Gasteiger charge is -2.15. The zero-order chi connectivity index (χ0) is 15.1. The Bertz CT molecular complexity index is 755. The molecular weight excluding hydrogens is 284 g/mol. The first-order valence-corrected chi connectivity index (χ1v) is 7.44. The third-order valence-electron chi connectivity index (χ3n) is 3.51. The van der Waals surface area contributed by atoms with Crippen LogP contribution < -0.4 is 5.01 Å². The first-order chi connectivity index (χ1) is 9.99. The molecule has 1 amide bonds. The number of benzene rings is 1. The molecule has 1 aliphatic heterocycles. The molecule has 0 bridgehead atoms. The van der Waals surface area contributed by atoms with Gasteiger partial charge in [-0.1, -0.05) is 23.5 Å². The molecule has 6 heteroatoms. The molecule has 2 aromatic rings. The Hall–Kier alpha value is -2.21. The molecule has 108 valence electrons. The van der Waals surface area contributed by atoms with Crippen LogP contribution in [0.4, 0.5) is 5.13 Å². The lowest BCUT2D eigenvalue weighted by molar-refractivity contribution is -0.114. The molecule has 0 saturated carbocycles. The maximum atomic E-state index is 12.6. The summed E-state index contributed by atoms with van der Waals surface area (Å²) in [5.74, 6) is -0.113. The van der Waals surface area contributed by atoms with E-state index in [0.717, 1.165) is 21.6 Å². The normalized spacial score (nSPS) is 17.4. The molecule has 0 saturated heterocycles. The third-order valence-corrected chi connectivity index (χ3v) is 4.53. The van der Waals surface area contributed by atoms with Crippen molar-refractivity contribution in [3.05, 3.63) is 35.5 Å². The van der Waals surface area contributed by atoms with E-state index in [1.165, 1.54) is 16.3 Å². The van der Waals surface area contributed by atoms with E-state index in [1.54, 1.807) is 0 Å². The molecule has 21 heavy (non-hydrogen) atoms. The van der Waals surface area contributed by atoms with Crippen molar-refractivity contribution in [2.75, 3.05) is 19.1 Å². The molecule has 0 radical (unpaired) electrons. The summed E-state index contributed by atoms with van der Waals surface area (Å²) >= 11 is 1.47. The smallest absolute Gasteiger partial charge is 0.284 e. The van der Waals surface area contributed by atoms with Crippen LogP contribution in [0.5, 0.6) is 0 Å². The van der Waals surface area contributed by atoms with E-state index in [9.17, 15) is 4.79 Å². The first-order valence-electron chi connectivity index (χ1n) is 6.63. The van der Waals surface area contributed by atoms with Crippen LogP contribution in [0.15, 0.2) is 40.6 Å². The maximum Gasteiger partial charge on any atom is 0.284 e. The highest BCUT2D eigenvalue weighted by atomic mass is 32.1. The first kappa shape index (κ1) is 13.8. The zero-order valence-electron chi connectivity index (χ0n) is 12.4. The van der Waals surface area contributed by atoms with Crippen molar-refractivity contribution < 1.29 is 4.79 Å². The number of fused-ring (bicyclic) bond motifs is 1. The van der Waals surface area contributed by atoms with Gasteiger partial charge in [0.05, 0.1) is 21.5 Å². The fraction of sp³-hybridized carbons (Fsp3) is 0.267. The average molecular weight is 300 g/mol. The number of carbonyl (C=O) groups excluding carboxylic acids is 1. The Morgan fingerprint density at radius 3 is 2.67 bits per heavy atom. The molecule has 2 heterocycles. The number of carbonyl (C=O) groups is 1. The number of thiazole rings is 1. The Kier molecular flexibility index (Phi) is 3.25. The standard InChI is InChI=1S/C15H16N4OS/c1-9-13(10(2)18(3)4)14(20)19(17-9)15-16-11-7-5-6-8-12(11)21-15/h5-8H,1-4H3/b13-10-. The molecule has 1 aliphatic rings. The quantitative estimate of drug-likeness (QED) is 0.801. The number of nitrogens with zero attached hydrogens (tertiary/aromatic N) is 4. The van der Waals surface area contributed by atoms with E-state index >= 15 is 0 Å². The van der Waals surface area contributed by atoms with Crippen LogP contribution in [0.25, 0.3) is 10.2 Å². The SMILES string of the molecule is CC1=NN(c2nc3ccccc3s2)C(=O)/C1=C(/C)N(C)C. The summed E-state index contributed by atoms with van der Waals surface area (Å²) < 4.78 is 1.05. The van der Waals surface area contributed by atoms with E-state index in [0.29, 0.717) is 10.7 Å². The summed E-state index contributed by atoms with van der Waals surface area (Å²) in [6, 6.07) is 7.84. The van der Waals surface area contributed by atoms with Gasteiger partial charge in [0.1, 0.15) is 0 Å². The minimum Gasteiger partial charge on any atom is -0.380 e. The summed E-state index contributed by atoms with van der Waals surface area (Å²) in [5, 5.41) is 6.40. The van der Waals surface area contributed by atoms with Gasteiger partial charge < -0.3 is 4.90 Å². The highest BCUT2D eigenvalue weighted by Crippen LogP contribution is 2.32. The summed E-state index contributed by atoms with van der Waals surface area (Å²) in [7, 11) is 3.84. The topological polar surface area (TPSA) is 48.8 Å². The monoisotopic (exact) mass is 300 g/mol. The molecule has 0 aliphatic carbocycles. The molecule has 0 fully saturated rings. The van der Waals surface area contributed by atoms with Gasteiger partial charge in [-0.15, -0.1) is 0 Å². The second kappa shape index (κ2) is 4.96. The summed E-state index contributed by atoms with van der Waals surface area (Å²) in [5.41, 5.74) is 3.18. The second-order valence-corrected chi connectivity index (χ2v) is 6.13. The van der Waals surface area contributed by atoms with Gasteiger partial charge in [-0.05, 0) is 26.0 Å². The number of para-hydroxylation sites is 1. The van der Waals surface area contributed by atoms with Gasteiger partial charge in [-0.2, -0.15) is 10.1 Å². The van der Waals surface area contributed by atoms with E-state index in [-0.39, 0.29) is 5.91 Å². The molecule has 5 nitrogen and oxygen atoms in total. The lowest BCUT2D eigenvalue weighted by atomic mass is 10.1. The number of amides is 1. The molecule has 0 atom stereocenters. The van der Waals surface area contributed by atoms with Crippen LogP contribution >= 0.6 is 11.3 Å². The van der Waals surface area contributed by atoms with Crippen LogP contribution in [0.2, 0.25) is 0 Å². The van der Waals surface area contributed by atoms with Crippen molar-refractivity contribution in [2.24, 2.45) is 5.10 Å². The molecule has 0 N–H and O–H groups in total. The van der Waals surface area contributed by atoms with Gasteiger partial charge in [0, 0.05) is 19.8 Å². The highest BCUT2D eigenvalue weighted by molar-refractivity contribution is 7.22. The van der Waals surface area contributed by atoms with Crippen LogP contribution in [0.1, 0.15) is 13.8 Å². The molecule has 3 rings (SSSR count). The Balaban J connectivity index is 2.05. The van der Waals surface area contributed by atoms with E-state index in [1.807, 2.05) is 57.1 Å². The van der Waals surface area contributed by atoms with Crippen molar-refractivity contribution in [2.45, 2.75) is 13.8 Å². The number of hydrazone groups is 1. The fourth-order valence-electron chi connectivity index (χ4n) is 2.23. The molecule has 1 aromatic carbocycles. The van der Waals surface area contributed by atoms with Crippen molar-refractivity contribution in [3.8, 4) is 0 Å². The predicted molar refractivity (Wildman–Crippen MR) is 86.6 cm³/mol. The van der Waals surface area contributed by atoms with Crippen molar-refractivity contribution in [1.29, 1.82) is 0 Å². The van der Waals surface area contributed by atoms with Gasteiger partial charge >= 0.3 is 0 Å². The number of hydrogen-bond acceptors (Lipinski definition) is 5. The number of rotatable bonds is 2. The maximum absolute atomic E-state index is 12.6. The second-order valence-electron chi connectivity index (χ2n) is 5.12. The minimum absolute atomic E-state index is 0.113. The van der Waals surface area contributed by atoms with Crippen molar-refractivity contribution in [1.82, 2.24) is 9.88 Å². The van der Waals surface area contributed by atoms with Gasteiger partial charge in [0.2, 0.25) is 5.13 Å². The number of anilines is 1. The van der Waals surface area contributed by atoms with Gasteiger partial charge in [-0.3, -0.25) is 4.79 Å². The van der Waals surface area contributed by atoms with Crippen LogP contribution in [-0.2, 0) is 4.79 Å². The summed E-state index contributed by atoms with van der Waals surface area (Å²) in [6.07, 6.45) is 0. The Labute approximate surface area is 127 Å². The van der Waals surface area contributed by atoms with E-state index in [2.05, 4.69) is 10.1 Å². The number of allylic oxidation sites excluding steroid dienone is 1. The van der Waals surface area contributed by atoms with Crippen LogP contribution in [-0.4, -0.2) is 35.6 Å². The highest BCUT2D eigenvalue weighted by Gasteiger charge is 2.32. The van der Waals surface area contributed by atoms with Crippen LogP contribution in [0, 0.1) is 0 Å². The van der Waals surface area contributed by atoms with Gasteiger partial charge in [-0.25, -0.2) is 4.98 Å². The van der Waals surface area contributed by atoms with Gasteiger partial charge in [0.15, 0.2) is 0 Å². The fourth-order valence-corrected chi connectivity index (χ4v) is 3.14. The van der Waals surface area contributed by atoms with E-state index in [4.69, 9.17) is 0 Å². The number of aromatic nitrogens is 1. The average Bonchev–Trinajstić information content (AvgIpc) is 2.99. The summed E-state index contributed by atoms with van der Waals surface area (Å²) in [4.78, 5) is 19.1. The Morgan fingerprint density at radius 2 is 2.00 bits per heavy atom. The third kappa shape index (κ3) is 2.21. The van der Waals surface area contributed by atoms with Crippen molar-refractivity contribution in [3.63, 3.8) is 0 Å². The number of hydrogen-bond donors (Lipinski definition) is 0. The van der Waals surface area contributed by atoms with Gasteiger partial charge in [0.25, 0.3) is 5.91 Å². The van der Waals surface area contributed by atoms with Crippen molar-refractivity contribution >= 4 is 38.3 Å². The van der Waals surface area contributed by atoms with E-state index < -0.39 is 0 Å². The Morgan fingerprint density at radius 1 is 1.29 bits per heavy atom. The largest absolute Gasteiger partial charge is 0.380 e. The van der Waals surface area contributed by atoms with Crippen LogP contribution in [0.3, 0.4) is 0 Å². The lowest BCUT2D eigenvalue weighted by Crippen LogP contribution is -2.24. The molecule has 1 aromatic heterocycles. The zero-order valence-corrected chi connectivity index (χ0v) is 13.2. The molecular formula is C15H16N4OS.